The minimum Gasteiger partial charge on any atom is -0.379 e. The van der Waals surface area contributed by atoms with Gasteiger partial charge in [-0.05, 0) is 31.7 Å². The molecule has 6 heteroatoms. The first-order valence-electron chi connectivity index (χ1n) is 7.36. The van der Waals surface area contributed by atoms with Gasteiger partial charge in [0, 0.05) is 18.7 Å². The van der Waals surface area contributed by atoms with Gasteiger partial charge in [-0.15, -0.1) is 0 Å². The average molecular weight is 291 g/mol. The lowest BCUT2D eigenvalue weighted by Gasteiger charge is -2.18. The predicted molar refractivity (Wildman–Crippen MR) is 81.5 cm³/mol. The molecule has 1 aromatic carbocycles. The zero-order valence-electron chi connectivity index (χ0n) is 12.4. The van der Waals surface area contributed by atoms with Crippen LogP contribution in [0, 0.1) is 16.0 Å². The largest absolute Gasteiger partial charge is 0.379 e. The molecule has 0 radical (unpaired) electrons. The quantitative estimate of drug-likeness (QED) is 0.645. The number of amides is 1. The van der Waals surface area contributed by atoms with E-state index in [1.165, 1.54) is 6.07 Å². The summed E-state index contributed by atoms with van der Waals surface area (Å²) in [6.45, 7) is 4.49. The van der Waals surface area contributed by atoms with Crippen LogP contribution in [-0.4, -0.2) is 23.4 Å². The molecule has 1 aliphatic rings. The summed E-state index contributed by atoms with van der Waals surface area (Å²) in [5, 5.41) is 17.1. The van der Waals surface area contributed by atoms with Crippen LogP contribution in [0.1, 0.15) is 43.5 Å². The number of carbonyl (C=O) groups excluding carboxylic acids is 1. The number of rotatable bonds is 5. The number of benzene rings is 1. The summed E-state index contributed by atoms with van der Waals surface area (Å²) in [5.74, 6) is 0.212. The second kappa shape index (κ2) is 6.56. The molecule has 21 heavy (non-hydrogen) atoms. The summed E-state index contributed by atoms with van der Waals surface area (Å²) in [7, 11) is 0. The van der Waals surface area contributed by atoms with E-state index in [9.17, 15) is 14.9 Å². The number of para-hydroxylation sites is 1. The van der Waals surface area contributed by atoms with Crippen molar-refractivity contribution < 1.29 is 9.72 Å². The summed E-state index contributed by atoms with van der Waals surface area (Å²) in [5.41, 5.74) is 0.572. The van der Waals surface area contributed by atoms with Crippen molar-refractivity contribution >= 4 is 17.3 Å². The molecule has 1 fully saturated rings. The van der Waals surface area contributed by atoms with Crippen molar-refractivity contribution in [1.29, 1.82) is 0 Å². The molecule has 1 amide bonds. The molecule has 0 bridgehead atoms. The van der Waals surface area contributed by atoms with Crippen LogP contribution < -0.4 is 10.6 Å². The Labute approximate surface area is 124 Å². The Balaban J connectivity index is 2.27. The first-order chi connectivity index (χ1) is 10.0. The van der Waals surface area contributed by atoms with Crippen LogP contribution in [-0.2, 0) is 0 Å². The second-order valence-corrected chi connectivity index (χ2v) is 5.48. The van der Waals surface area contributed by atoms with E-state index >= 15 is 0 Å². The molecule has 0 aromatic heterocycles. The topological polar surface area (TPSA) is 84.3 Å². The van der Waals surface area contributed by atoms with Crippen molar-refractivity contribution in [3.05, 3.63) is 33.9 Å². The lowest BCUT2D eigenvalue weighted by molar-refractivity contribution is -0.384. The number of hydrogen-bond acceptors (Lipinski definition) is 4. The fourth-order valence-corrected chi connectivity index (χ4v) is 2.85. The number of nitro groups is 1. The first kappa shape index (κ1) is 15.3. The highest BCUT2D eigenvalue weighted by Gasteiger charge is 2.27. The molecule has 114 valence electrons. The third-order valence-corrected chi connectivity index (χ3v) is 4.02. The molecule has 1 aromatic rings. The van der Waals surface area contributed by atoms with Crippen LogP contribution >= 0.6 is 0 Å². The van der Waals surface area contributed by atoms with Gasteiger partial charge >= 0.3 is 0 Å². The van der Waals surface area contributed by atoms with Crippen molar-refractivity contribution in [2.24, 2.45) is 5.92 Å². The van der Waals surface area contributed by atoms with Crippen molar-refractivity contribution in [1.82, 2.24) is 5.32 Å². The maximum absolute atomic E-state index is 12.4. The van der Waals surface area contributed by atoms with Gasteiger partial charge in [-0.25, -0.2) is 0 Å². The molecular weight excluding hydrogens is 270 g/mol. The fraction of sp³-hybridized carbons (Fsp3) is 0.533. The normalized spacial score (nSPS) is 21.0. The second-order valence-electron chi connectivity index (χ2n) is 5.48. The number of nitro benzene ring substituents is 1. The molecule has 1 aliphatic carbocycles. The Morgan fingerprint density at radius 2 is 2.19 bits per heavy atom. The fourth-order valence-electron chi connectivity index (χ4n) is 2.85. The lowest BCUT2D eigenvalue weighted by atomic mass is 10.0. The van der Waals surface area contributed by atoms with Crippen LogP contribution in [0.2, 0.25) is 0 Å². The zero-order valence-corrected chi connectivity index (χ0v) is 12.4. The monoisotopic (exact) mass is 291 g/mol. The van der Waals surface area contributed by atoms with Gasteiger partial charge in [0.25, 0.3) is 11.6 Å². The third-order valence-electron chi connectivity index (χ3n) is 4.02. The van der Waals surface area contributed by atoms with Crippen LogP contribution in [0.5, 0.6) is 0 Å². The molecule has 2 unspecified atom stereocenters. The first-order valence-corrected chi connectivity index (χ1v) is 7.36. The zero-order chi connectivity index (χ0) is 15.4. The minimum absolute atomic E-state index is 0.0658. The van der Waals surface area contributed by atoms with Gasteiger partial charge in [0.1, 0.15) is 5.69 Å². The number of carbonyl (C=O) groups is 1. The van der Waals surface area contributed by atoms with Gasteiger partial charge in [-0.3, -0.25) is 14.9 Å². The average Bonchev–Trinajstić information content (AvgIpc) is 2.84. The lowest BCUT2D eigenvalue weighted by Crippen LogP contribution is -2.36. The van der Waals surface area contributed by atoms with Gasteiger partial charge in [-0.2, -0.15) is 0 Å². The van der Waals surface area contributed by atoms with Gasteiger partial charge in [0.15, 0.2) is 0 Å². The standard InChI is InChI=1S/C15H21N3O3/c1-3-16-14-11(7-5-9-13(14)18(20)21)15(19)17-12-8-4-6-10(12)2/h5,7,9-10,12,16H,3-4,6,8H2,1-2H3,(H,17,19). The summed E-state index contributed by atoms with van der Waals surface area (Å²) in [6, 6.07) is 4.74. The molecule has 0 aliphatic heterocycles. The Hall–Kier alpha value is -2.11. The Morgan fingerprint density at radius 1 is 1.43 bits per heavy atom. The Kier molecular flexibility index (Phi) is 4.77. The SMILES string of the molecule is CCNc1c(C(=O)NC2CCCC2C)cccc1[N+](=O)[O-]. The molecule has 2 rings (SSSR count). The maximum Gasteiger partial charge on any atom is 0.293 e. The highest BCUT2D eigenvalue weighted by Crippen LogP contribution is 2.29. The molecule has 0 saturated heterocycles. The van der Waals surface area contributed by atoms with Crippen molar-refractivity contribution in [3.63, 3.8) is 0 Å². The molecule has 2 atom stereocenters. The van der Waals surface area contributed by atoms with Crippen molar-refractivity contribution in [3.8, 4) is 0 Å². The summed E-state index contributed by atoms with van der Waals surface area (Å²) < 4.78 is 0. The summed E-state index contributed by atoms with van der Waals surface area (Å²) >= 11 is 0. The van der Waals surface area contributed by atoms with Crippen molar-refractivity contribution in [2.75, 3.05) is 11.9 Å². The van der Waals surface area contributed by atoms with Crippen LogP contribution in [0.3, 0.4) is 0 Å². The molecule has 2 N–H and O–H groups in total. The third kappa shape index (κ3) is 3.32. The van der Waals surface area contributed by atoms with E-state index in [1.54, 1.807) is 12.1 Å². The molecule has 6 nitrogen and oxygen atoms in total. The molecule has 1 saturated carbocycles. The number of anilines is 1. The number of hydrogen-bond donors (Lipinski definition) is 2. The molecule has 0 spiro atoms. The van der Waals surface area contributed by atoms with E-state index in [0.29, 0.717) is 23.7 Å². The van der Waals surface area contributed by atoms with Gasteiger partial charge in [0.05, 0.1) is 10.5 Å². The van der Waals surface area contributed by atoms with Crippen LogP contribution in [0.15, 0.2) is 18.2 Å². The van der Waals surface area contributed by atoms with Crippen molar-refractivity contribution in [2.45, 2.75) is 39.2 Å². The van der Waals surface area contributed by atoms with Gasteiger partial charge < -0.3 is 10.6 Å². The highest BCUT2D eigenvalue weighted by atomic mass is 16.6. The van der Waals surface area contributed by atoms with E-state index in [2.05, 4.69) is 17.6 Å². The summed E-state index contributed by atoms with van der Waals surface area (Å²) in [4.78, 5) is 23.1. The van der Waals surface area contributed by atoms with E-state index in [4.69, 9.17) is 0 Å². The molecule has 0 heterocycles. The summed E-state index contributed by atoms with van der Waals surface area (Å²) in [6.07, 6.45) is 3.19. The minimum atomic E-state index is -0.465. The highest BCUT2D eigenvalue weighted by molar-refractivity contribution is 6.01. The number of nitrogens with zero attached hydrogens (tertiary/aromatic N) is 1. The van der Waals surface area contributed by atoms with Crippen LogP contribution in [0.25, 0.3) is 0 Å². The van der Waals surface area contributed by atoms with Gasteiger partial charge in [-0.1, -0.05) is 19.4 Å². The predicted octanol–water partition coefficient (Wildman–Crippen LogP) is 2.95. The Bertz CT molecular complexity index is 545. The van der Waals surface area contributed by atoms with E-state index in [-0.39, 0.29) is 17.6 Å². The molecular formula is C15H21N3O3. The smallest absolute Gasteiger partial charge is 0.293 e. The maximum atomic E-state index is 12.4. The van der Waals surface area contributed by atoms with E-state index < -0.39 is 4.92 Å². The Morgan fingerprint density at radius 3 is 2.76 bits per heavy atom. The van der Waals surface area contributed by atoms with E-state index in [1.807, 2.05) is 6.92 Å². The number of nitrogens with one attached hydrogen (secondary N) is 2. The van der Waals surface area contributed by atoms with E-state index in [0.717, 1.165) is 19.3 Å². The van der Waals surface area contributed by atoms with Crippen LogP contribution in [0.4, 0.5) is 11.4 Å². The van der Waals surface area contributed by atoms with Gasteiger partial charge in [0.2, 0.25) is 0 Å².